The molecule has 4 heteroatoms. The summed E-state index contributed by atoms with van der Waals surface area (Å²) in [5.41, 5.74) is 3.47. The lowest BCUT2D eigenvalue weighted by atomic mass is 10.2. The van der Waals surface area contributed by atoms with Gasteiger partial charge in [-0.1, -0.05) is 6.07 Å². The normalized spacial score (nSPS) is 10.4. The minimum Gasteiger partial charge on any atom is -0.381 e. The van der Waals surface area contributed by atoms with Crippen molar-refractivity contribution in [3.05, 3.63) is 41.7 Å². The maximum absolute atomic E-state index is 4.00. The van der Waals surface area contributed by atoms with Crippen molar-refractivity contribution in [3.63, 3.8) is 0 Å². The molecule has 0 atom stereocenters. The summed E-state index contributed by atoms with van der Waals surface area (Å²) in [6.45, 7) is 2.84. The van der Waals surface area contributed by atoms with E-state index < -0.39 is 0 Å². The lowest BCUT2D eigenvalue weighted by molar-refractivity contribution is 1.04. The zero-order chi connectivity index (χ0) is 11.4. The summed E-state index contributed by atoms with van der Waals surface area (Å²) < 4.78 is 0. The molecule has 0 aliphatic rings. The zero-order valence-electron chi connectivity index (χ0n) is 9.45. The van der Waals surface area contributed by atoms with Crippen LogP contribution in [0.3, 0.4) is 0 Å². The molecule has 0 saturated heterocycles. The fraction of sp³-hybridized carbons (Fsp3) is 0.250. The summed E-state index contributed by atoms with van der Waals surface area (Å²) in [7, 11) is 0. The smallest absolute Gasteiger partial charge is 0.0539 e. The number of hydrogen-bond acceptors (Lipinski definition) is 3. The Morgan fingerprint density at radius 3 is 3.00 bits per heavy atom. The van der Waals surface area contributed by atoms with E-state index >= 15 is 0 Å². The molecule has 0 spiro atoms. The molecule has 0 saturated carbocycles. The van der Waals surface area contributed by atoms with Gasteiger partial charge in [0, 0.05) is 28.4 Å². The zero-order valence-corrected chi connectivity index (χ0v) is 10.3. The second-order valence-corrected chi connectivity index (χ2v) is 4.49. The Balaban J connectivity index is 2.02. The summed E-state index contributed by atoms with van der Waals surface area (Å²) in [4.78, 5) is 1.27. The minimum absolute atomic E-state index is 0.806. The van der Waals surface area contributed by atoms with Crippen molar-refractivity contribution in [2.45, 2.75) is 18.4 Å². The van der Waals surface area contributed by atoms with Crippen molar-refractivity contribution in [1.29, 1.82) is 0 Å². The summed E-state index contributed by atoms with van der Waals surface area (Å²) in [5.74, 6) is 0. The van der Waals surface area contributed by atoms with Crippen molar-refractivity contribution in [2.75, 3.05) is 11.6 Å². The van der Waals surface area contributed by atoms with Crippen LogP contribution in [0, 0.1) is 6.92 Å². The number of H-pyrrole nitrogens is 1. The van der Waals surface area contributed by atoms with Crippen LogP contribution in [-0.2, 0) is 6.54 Å². The number of thioether (sulfide) groups is 1. The number of nitrogens with zero attached hydrogens (tertiary/aromatic N) is 1. The van der Waals surface area contributed by atoms with Crippen LogP contribution in [0.25, 0.3) is 0 Å². The number of benzene rings is 1. The molecule has 0 aliphatic carbocycles. The maximum Gasteiger partial charge on any atom is 0.0539 e. The van der Waals surface area contributed by atoms with Gasteiger partial charge in [-0.2, -0.15) is 5.10 Å². The summed E-state index contributed by atoms with van der Waals surface area (Å²) in [6, 6.07) is 8.41. The predicted octanol–water partition coefficient (Wildman–Crippen LogP) is 3.05. The Bertz CT molecular complexity index is 465. The minimum atomic E-state index is 0.806. The van der Waals surface area contributed by atoms with Gasteiger partial charge in [0.05, 0.1) is 6.20 Å². The number of aromatic amines is 1. The topological polar surface area (TPSA) is 40.7 Å². The first-order chi connectivity index (χ1) is 7.79. The van der Waals surface area contributed by atoms with E-state index in [1.165, 1.54) is 10.5 Å². The molecule has 0 bridgehead atoms. The molecule has 0 radical (unpaired) electrons. The van der Waals surface area contributed by atoms with Crippen LogP contribution in [0.2, 0.25) is 0 Å². The van der Waals surface area contributed by atoms with Gasteiger partial charge in [0.1, 0.15) is 0 Å². The molecular weight excluding hydrogens is 218 g/mol. The quantitative estimate of drug-likeness (QED) is 0.797. The van der Waals surface area contributed by atoms with E-state index in [-0.39, 0.29) is 0 Å². The average Bonchev–Trinajstić information content (AvgIpc) is 2.72. The molecule has 2 rings (SSSR count). The molecule has 0 aliphatic heterocycles. The van der Waals surface area contributed by atoms with E-state index in [0.29, 0.717) is 0 Å². The van der Waals surface area contributed by atoms with Crippen LogP contribution in [0.4, 0.5) is 5.69 Å². The lowest BCUT2D eigenvalue weighted by Crippen LogP contribution is -1.99. The Hall–Kier alpha value is -1.42. The van der Waals surface area contributed by atoms with Gasteiger partial charge >= 0.3 is 0 Å². The van der Waals surface area contributed by atoms with Crippen LogP contribution in [0.5, 0.6) is 0 Å². The first-order valence-corrected chi connectivity index (χ1v) is 6.39. The van der Waals surface area contributed by atoms with E-state index in [9.17, 15) is 0 Å². The highest BCUT2D eigenvalue weighted by atomic mass is 32.2. The second-order valence-electron chi connectivity index (χ2n) is 3.61. The molecule has 3 nitrogen and oxygen atoms in total. The van der Waals surface area contributed by atoms with Gasteiger partial charge in [-0.05, 0) is 31.4 Å². The molecule has 84 valence electrons. The number of nitrogens with one attached hydrogen (secondary N) is 2. The number of aryl methyl sites for hydroxylation is 1. The largest absolute Gasteiger partial charge is 0.381 e. The number of anilines is 1. The van der Waals surface area contributed by atoms with Crippen LogP contribution < -0.4 is 5.32 Å². The highest BCUT2D eigenvalue weighted by Crippen LogP contribution is 2.19. The number of aromatic nitrogens is 2. The summed E-state index contributed by atoms with van der Waals surface area (Å²) in [6.07, 6.45) is 3.94. The van der Waals surface area contributed by atoms with Crippen LogP contribution in [0.15, 0.2) is 35.4 Å². The highest BCUT2D eigenvalue weighted by molar-refractivity contribution is 7.98. The second kappa shape index (κ2) is 5.07. The number of hydrogen-bond donors (Lipinski definition) is 2. The molecule has 1 heterocycles. The first-order valence-electron chi connectivity index (χ1n) is 5.16. The lowest BCUT2D eigenvalue weighted by Gasteiger charge is -2.06. The van der Waals surface area contributed by atoms with E-state index in [1.807, 2.05) is 13.1 Å². The fourth-order valence-electron chi connectivity index (χ4n) is 1.48. The third-order valence-corrected chi connectivity index (χ3v) is 3.21. The van der Waals surface area contributed by atoms with Crippen molar-refractivity contribution >= 4 is 17.4 Å². The monoisotopic (exact) mass is 233 g/mol. The third-order valence-electron chi connectivity index (χ3n) is 2.49. The molecule has 0 amide bonds. The van der Waals surface area contributed by atoms with E-state index in [4.69, 9.17) is 0 Å². The SMILES string of the molecule is CSc1cccc(NCc2cn[nH]c2C)c1. The molecule has 2 aromatic rings. The third kappa shape index (κ3) is 2.58. The summed E-state index contributed by atoms with van der Waals surface area (Å²) >= 11 is 1.75. The first kappa shape index (κ1) is 11.1. The average molecular weight is 233 g/mol. The standard InChI is InChI=1S/C12H15N3S/c1-9-10(8-14-15-9)7-13-11-4-3-5-12(6-11)16-2/h3-6,8,13H,7H2,1-2H3,(H,14,15). The van der Waals surface area contributed by atoms with E-state index in [2.05, 4.69) is 46.0 Å². The van der Waals surface area contributed by atoms with Gasteiger partial charge in [-0.25, -0.2) is 0 Å². The van der Waals surface area contributed by atoms with Gasteiger partial charge in [-0.3, -0.25) is 5.10 Å². The molecular formula is C12H15N3S. The molecule has 1 aromatic heterocycles. The Kier molecular flexibility index (Phi) is 3.51. The maximum atomic E-state index is 4.00. The van der Waals surface area contributed by atoms with Gasteiger partial charge in [0.15, 0.2) is 0 Å². The van der Waals surface area contributed by atoms with Gasteiger partial charge in [0.25, 0.3) is 0 Å². The van der Waals surface area contributed by atoms with Crippen molar-refractivity contribution in [3.8, 4) is 0 Å². The van der Waals surface area contributed by atoms with Crippen molar-refractivity contribution in [1.82, 2.24) is 10.2 Å². The van der Waals surface area contributed by atoms with Gasteiger partial charge in [0.2, 0.25) is 0 Å². The Morgan fingerprint density at radius 1 is 1.44 bits per heavy atom. The molecule has 2 N–H and O–H groups in total. The Labute approximate surface area is 99.7 Å². The highest BCUT2D eigenvalue weighted by Gasteiger charge is 2.00. The van der Waals surface area contributed by atoms with Crippen LogP contribution >= 0.6 is 11.8 Å². The predicted molar refractivity (Wildman–Crippen MR) is 68.9 cm³/mol. The molecule has 0 unspecified atom stereocenters. The van der Waals surface area contributed by atoms with E-state index in [0.717, 1.165) is 17.9 Å². The van der Waals surface area contributed by atoms with Gasteiger partial charge < -0.3 is 5.32 Å². The van der Waals surface area contributed by atoms with Crippen LogP contribution in [-0.4, -0.2) is 16.5 Å². The van der Waals surface area contributed by atoms with Crippen molar-refractivity contribution < 1.29 is 0 Å². The van der Waals surface area contributed by atoms with E-state index in [1.54, 1.807) is 11.8 Å². The van der Waals surface area contributed by atoms with Crippen molar-refractivity contribution in [2.24, 2.45) is 0 Å². The molecule has 0 fully saturated rings. The van der Waals surface area contributed by atoms with Gasteiger partial charge in [-0.15, -0.1) is 11.8 Å². The van der Waals surface area contributed by atoms with Crippen LogP contribution in [0.1, 0.15) is 11.3 Å². The Morgan fingerprint density at radius 2 is 2.31 bits per heavy atom. The fourth-order valence-corrected chi connectivity index (χ4v) is 1.94. The number of rotatable bonds is 4. The molecule has 16 heavy (non-hydrogen) atoms. The molecule has 1 aromatic carbocycles. The summed E-state index contributed by atoms with van der Waals surface area (Å²) in [5, 5.41) is 10.3.